The SMILES string of the molecule is [C-]#[N+]C[C@@H]([C@@H]1CC1(F)F)n1cc(-c2nc(-c3cnn(C)c3)cc3nccn23)cn1. The maximum atomic E-state index is 13.6. The molecule has 0 N–H and O–H groups in total. The Bertz CT molecular complexity index is 1240. The lowest BCUT2D eigenvalue weighted by Gasteiger charge is -2.11. The molecule has 29 heavy (non-hydrogen) atoms. The molecule has 0 unspecified atom stereocenters. The molecule has 0 aliphatic heterocycles. The quantitative estimate of drug-likeness (QED) is 0.488. The molecule has 8 nitrogen and oxygen atoms in total. The van der Waals surface area contributed by atoms with Crippen LogP contribution in [0.1, 0.15) is 12.5 Å². The molecule has 4 heterocycles. The van der Waals surface area contributed by atoms with Crippen molar-refractivity contribution in [2.24, 2.45) is 13.0 Å². The first-order chi connectivity index (χ1) is 14.0. The summed E-state index contributed by atoms with van der Waals surface area (Å²) in [7, 11) is 1.83. The second-order valence-corrected chi connectivity index (χ2v) is 7.21. The van der Waals surface area contributed by atoms with Crippen LogP contribution in [0.5, 0.6) is 0 Å². The zero-order valence-electron chi connectivity index (χ0n) is 15.4. The van der Waals surface area contributed by atoms with Crippen LogP contribution in [0.25, 0.3) is 33.1 Å². The van der Waals surface area contributed by atoms with E-state index < -0.39 is 17.9 Å². The first-order valence-electron chi connectivity index (χ1n) is 9.05. The molecule has 1 aliphatic carbocycles. The second-order valence-electron chi connectivity index (χ2n) is 7.21. The minimum Gasteiger partial charge on any atom is -0.315 e. The van der Waals surface area contributed by atoms with Gasteiger partial charge in [-0.05, 0) is 0 Å². The number of aromatic nitrogens is 7. The second kappa shape index (κ2) is 6.20. The van der Waals surface area contributed by atoms with Crippen molar-refractivity contribution in [1.82, 2.24) is 33.9 Å². The lowest BCUT2D eigenvalue weighted by atomic mass is 10.2. The molecule has 4 aromatic rings. The van der Waals surface area contributed by atoms with Gasteiger partial charge in [0.15, 0.2) is 0 Å². The maximum absolute atomic E-state index is 13.6. The van der Waals surface area contributed by atoms with E-state index in [4.69, 9.17) is 11.6 Å². The van der Waals surface area contributed by atoms with Gasteiger partial charge in [-0.3, -0.25) is 13.8 Å². The normalized spacial score (nSPS) is 18.6. The Morgan fingerprint density at radius 3 is 2.76 bits per heavy atom. The summed E-state index contributed by atoms with van der Waals surface area (Å²) in [6, 6.07) is 1.20. The summed E-state index contributed by atoms with van der Waals surface area (Å²) in [5.41, 5.74) is 2.91. The van der Waals surface area contributed by atoms with Gasteiger partial charge >= 0.3 is 0 Å². The van der Waals surface area contributed by atoms with Crippen LogP contribution in [0, 0.1) is 12.5 Å². The largest absolute Gasteiger partial charge is 0.315 e. The molecule has 0 radical (unpaired) electrons. The van der Waals surface area contributed by atoms with Crippen molar-refractivity contribution in [1.29, 1.82) is 0 Å². The summed E-state index contributed by atoms with van der Waals surface area (Å²) in [5.74, 6) is -2.99. The smallest absolute Gasteiger partial charge is 0.254 e. The standard InChI is InChI=1S/C19H16F2N8/c1-22-9-16(14-6-19(14,20)21)29-11-13(8-25-29)18-26-15(12-7-24-27(2)10-12)5-17-23-3-4-28(17)18/h3-5,7-8,10-11,14,16H,6,9H2,2H3/t14-,16-/m0/s1. The summed E-state index contributed by atoms with van der Waals surface area (Å²) in [6.45, 7) is 7.09. The van der Waals surface area contributed by atoms with E-state index in [1.807, 2.05) is 23.7 Å². The van der Waals surface area contributed by atoms with Gasteiger partial charge in [-0.2, -0.15) is 10.2 Å². The van der Waals surface area contributed by atoms with Gasteiger partial charge in [0.1, 0.15) is 17.5 Å². The predicted octanol–water partition coefficient (Wildman–Crippen LogP) is 3.11. The number of rotatable bonds is 5. The van der Waals surface area contributed by atoms with Gasteiger partial charge in [-0.15, -0.1) is 0 Å². The molecule has 0 amide bonds. The van der Waals surface area contributed by atoms with Crippen LogP contribution in [-0.4, -0.2) is 46.4 Å². The van der Waals surface area contributed by atoms with Crippen LogP contribution < -0.4 is 0 Å². The Morgan fingerprint density at radius 2 is 2.07 bits per heavy atom. The molecule has 0 saturated heterocycles. The van der Waals surface area contributed by atoms with E-state index in [1.165, 1.54) is 4.68 Å². The zero-order valence-corrected chi connectivity index (χ0v) is 15.4. The van der Waals surface area contributed by atoms with E-state index in [0.29, 0.717) is 22.7 Å². The third kappa shape index (κ3) is 2.95. The highest BCUT2D eigenvalue weighted by Gasteiger charge is 2.62. The van der Waals surface area contributed by atoms with Crippen LogP contribution in [-0.2, 0) is 7.05 Å². The number of hydrogen-bond acceptors (Lipinski definition) is 4. The van der Waals surface area contributed by atoms with Crippen molar-refractivity contribution in [2.75, 3.05) is 6.54 Å². The highest BCUT2D eigenvalue weighted by Crippen LogP contribution is 2.54. The Morgan fingerprint density at radius 1 is 1.28 bits per heavy atom. The summed E-state index contributed by atoms with van der Waals surface area (Å²) >= 11 is 0. The number of alkyl halides is 2. The zero-order chi connectivity index (χ0) is 20.2. The van der Waals surface area contributed by atoms with Gasteiger partial charge in [0.05, 0.1) is 29.6 Å². The molecule has 1 saturated carbocycles. The molecule has 1 fully saturated rings. The fraction of sp³-hybridized carbons (Fsp3) is 0.316. The predicted molar refractivity (Wildman–Crippen MR) is 100.0 cm³/mol. The fourth-order valence-electron chi connectivity index (χ4n) is 3.60. The van der Waals surface area contributed by atoms with Crippen LogP contribution in [0.2, 0.25) is 0 Å². The topological polar surface area (TPSA) is 70.2 Å². The van der Waals surface area contributed by atoms with Gasteiger partial charge < -0.3 is 4.85 Å². The molecule has 0 aromatic carbocycles. The van der Waals surface area contributed by atoms with Crippen molar-refractivity contribution in [3.63, 3.8) is 0 Å². The third-order valence-electron chi connectivity index (χ3n) is 5.21. The average molecular weight is 394 g/mol. The van der Waals surface area contributed by atoms with Crippen molar-refractivity contribution >= 4 is 5.65 Å². The number of imidazole rings is 1. The van der Waals surface area contributed by atoms with E-state index in [1.54, 1.807) is 35.7 Å². The lowest BCUT2D eigenvalue weighted by Crippen LogP contribution is -2.17. The van der Waals surface area contributed by atoms with Crippen LogP contribution in [0.15, 0.2) is 43.2 Å². The lowest BCUT2D eigenvalue weighted by molar-refractivity contribution is 0.0861. The Kier molecular flexibility index (Phi) is 3.74. The minimum atomic E-state index is -2.72. The van der Waals surface area contributed by atoms with Gasteiger partial charge in [-0.25, -0.2) is 25.3 Å². The first-order valence-corrected chi connectivity index (χ1v) is 9.05. The van der Waals surface area contributed by atoms with E-state index in [-0.39, 0.29) is 13.0 Å². The summed E-state index contributed by atoms with van der Waals surface area (Å²) in [4.78, 5) is 12.4. The number of nitrogens with zero attached hydrogens (tertiary/aromatic N) is 8. The van der Waals surface area contributed by atoms with Crippen molar-refractivity contribution in [3.8, 4) is 22.6 Å². The molecule has 2 atom stereocenters. The van der Waals surface area contributed by atoms with Gasteiger partial charge in [-0.1, -0.05) is 0 Å². The molecule has 146 valence electrons. The molecular weight excluding hydrogens is 378 g/mol. The highest BCUT2D eigenvalue weighted by molar-refractivity contribution is 5.68. The molecular formula is C19H16F2N8. The molecule has 0 bridgehead atoms. The van der Waals surface area contributed by atoms with Crippen molar-refractivity contribution < 1.29 is 8.78 Å². The van der Waals surface area contributed by atoms with Crippen molar-refractivity contribution in [2.45, 2.75) is 18.4 Å². The number of fused-ring (bicyclic) bond motifs is 1. The fourth-order valence-corrected chi connectivity index (χ4v) is 3.60. The van der Waals surface area contributed by atoms with E-state index in [9.17, 15) is 8.78 Å². The number of halogens is 2. The molecule has 4 aromatic heterocycles. The molecule has 1 aliphatic rings. The van der Waals surface area contributed by atoms with E-state index >= 15 is 0 Å². The van der Waals surface area contributed by atoms with Gasteiger partial charge in [0.2, 0.25) is 6.54 Å². The maximum Gasteiger partial charge on any atom is 0.254 e. The molecule has 10 heteroatoms. The van der Waals surface area contributed by atoms with Crippen LogP contribution in [0.4, 0.5) is 8.78 Å². The highest BCUT2D eigenvalue weighted by atomic mass is 19.3. The van der Waals surface area contributed by atoms with E-state index in [0.717, 1.165) is 5.56 Å². The Hall–Kier alpha value is -3.61. The Balaban J connectivity index is 1.58. The molecule has 0 spiro atoms. The molecule has 5 rings (SSSR count). The monoisotopic (exact) mass is 394 g/mol. The summed E-state index contributed by atoms with van der Waals surface area (Å²) in [6.07, 6.45) is 10.1. The summed E-state index contributed by atoms with van der Waals surface area (Å²) < 4.78 is 32.2. The summed E-state index contributed by atoms with van der Waals surface area (Å²) in [5, 5.41) is 8.47. The minimum absolute atomic E-state index is 0.0367. The number of hydrogen-bond donors (Lipinski definition) is 0. The van der Waals surface area contributed by atoms with Gasteiger partial charge in [0.25, 0.3) is 5.92 Å². The van der Waals surface area contributed by atoms with Gasteiger partial charge in [0, 0.05) is 49.9 Å². The van der Waals surface area contributed by atoms with E-state index in [2.05, 4.69) is 20.0 Å². The average Bonchev–Trinajstić information content (AvgIpc) is 3.21. The van der Waals surface area contributed by atoms with Crippen LogP contribution >= 0.6 is 0 Å². The number of aryl methyl sites for hydroxylation is 1. The first kappa shape index (κ1) is 17.5. The third-order valence-corrected chi connectivity index (χ3v) is 5.21. The van der Waals surface area contributed by atoms with Crippen LogP contribution in [0.3, 0.4) is 0 Å². The Labute approximate surface area is 164 Å². The van der Waals surface area contributed by atoms with Crippen molar-refractivity contribution in [3.05, 3.63) is 54.7 Å².